The maximum atomic E-state index is 12.6. The van der Waals surface area contributed by atoms with Gasteiger partial charge in [-0.1, -0.05) is 12.1 Å². The lowest BCUT2D eigenvalue weighted by Crippen LogP contribution is -2.28. The summed E-state index contributed by atoms with van der Waals surface area (Å²) in [6.07, 6.45) is -2.82. The number of hydrogen-bond donors (Lipinski definition) is 0. The van der Waals surface area contributed by atoms with Gasteiger partial charge in [-0.25, -0.2) is 4.79 Å². The van der Waals surface area contributed by atoms with Crippen LogP contribution in [0.2, 0.25) is 0 Å². The Kier molecular flexibility index (Phi) is 6.46. The molecule has 0 bridgehead atoms. The van der Waals surface area contributed by atoms with E-state index in [1.807, 2.05) is 13.8 Å². The third-order valence-electron chi connectivity index (χ3n) is 3.13. The number of likely N-dealkylation sites (N-methyl/N-ethyl adjacent to an activating group) is 1. The molecule has 0 atom stereocenters. The molecule has 122 valence electrons. The van der Waals surface area contributed by atoms with Gasteiger partial charge >= 0.3 is 12.1 Å². The standard InChI is InChI=1S/C16H20F3NO2/c1-4-20(5-2)14(15(21)22-6-3)11-12-7-9-13(10-8-12)16(17,18)19/h7-11H,4-6H2,1-3H3/b14-11-. The smallest absolute Gasteiger partial charge is 0.416 e. The molecule has 1 aromatic rings. The number of esters is 1. The van der Waals surface area contributed by atoms with E-state index in [9.17, 15) is 18.0 Å². The van der Waals surface area contributed by atoms with Crippen molar-refractivity contribution in [2.45, 2.75) is 26.9 Å². The summed E-state index contributed by atoms with van der Waals surface area (Å²) in [6.45, 7) is 6.93. The van der Waals surface area contributed by atoms with Gasteiger partial charge in [0.2, 0.25) is 0 Å². The summed E-state index contributed by atoms with van der Waals surface area (Å²) < 4.78 is 42.7. The van der Waals surface area contributed by atoms with Gasteiger partial charge in [-0.05, 0) is 44.5 Å². The molecular weight excluding hydrogens is 295 g/mol. The largest absolute Gasteiger partial charge is 0.461 e. The Morgan fingerprint density at radius 2 is 1.68 bits per heavy atom. The van der Waals surface area contributed by atoms with E-state index in [0.717, 1.165) is 12.1 Å². The predicted octanol–water partition coefficient (Wildman–Crippen LogP) is 3.95. The molecular formula is C16H20F3NO2. The van der Waals surface area contributed by atoms with Crippen LogP contribution in [0.1, 0.15) is 31.9 Å². The van der Waals surface area contributed by atoms with Crippen molar-refractivity contribution in [1.29, 1.82) is 0 Å². The summed E-state index contributed by atoms with van der Waals surface area (Å²) in [4.78, 5) is 13.8. The lowest BCUT2D eigenvalue weighted by molar-refractivity contribution is -0.140. The van der Waals surface area contributed by atoms with Crippen molar-refractivity contribution in [2.75, 3.05) is 19.7 Å². The van der Waals surface area contributed by atoms with Gasteiger partial charge in [-0.3, -0.25) is 0 Å². The van der Waals surface area contributed by atoms with Gasteiger partial charge in [-0.15, -0.1) is 0 Å². The molecule has 0 aliphatic rings. The average molecular weight is 315 g/mol. The molecule has 0 fully saturated rings. The van der Waals surface area contributed by atoms with Crippen molar-refractivity contribution in [1.82, 2.24) is 4.90 Å². The summed E-state index contributed by atoms with van der Waals surface area (Å²) in [5.41, 5.74) is 0.139. The highest BCUT2D eigenvalue weighted by atomic mass is 19.4. The van der Waals surface area contributed by atoms with Crippen molar-refractivity contribution >= 4 is 12.0 Å². The Hall–Kier alpha value is -1.98. The van der Waals surface area contributed by atoms with Crippen molar-refractivity contribution < 1.29 is 22.7 Å². The molecule has 0 spiro atoms. The first-order valence-electron chi connectivity index (χ1n) is 7.14. The Bertz CT molecular complexity index is 517. The first-order valence-corrected chi connectivity index (χ1v) is 7.14. The first kappa shape index (κ1) is 18.1. The molecule has 0 aromatic heterocycles. The minimum absolute atomic E-state index is 0.241. The summed E-state index contributed by atoms with van der Waals surface area (Å²) in [5.74, 6) is -0.480. The molecule has 0 saturated heterocycles. The van der Waals surface area contributed by atoms with E-state index in [2.05, 4.69) is 0 Å². The second-order valence-corrected chi connectivity index (χ2v) is 4.54. The van der Waals surface area contributed by atoms with Crippen molar-refractivity contribution in [2.24, 2.45) is 0 Å². The van der Waals surface area contributed by atoms with Gasteiger partial charge in [0.15, 0.2) is 0 Å². The molecule has 0 aliphatic carbocycles. The lowest BCUT2D eigenvalue weighted by Gasteiger charge is -2.23. The van der Waals surface area contributed by atoms with Crippen LogP contribution in [0.4, 0.5) is 13.2 Å². The molecule has 22 heavy (non-hydrogen) atoms. The zero-order valence-electron chi connectivity index (χ0n) is 12.9. The fourth-order valence-electron chi connectivity index (χ4n) is 1.97. The van der Waals surface area contributed by atoms with Gasteiger partial charge in [-0.2, -0.15) is 13.2 Å². The fourth-order valence-corrected chi connectivity index (χ4v) is 1.97. The number of carbonyl (C=O) groups is 1. The zero-order valence-corrected chi connectivity index (χ0v) is 12.9. The minimum Gasteiger partial charge on any atom is -0.461 e. The number of rotatable bonds is 6. The van der Waals surface area contributed by atoms with Gasteiger partial charge < -0.3 is 9.64 Å². The SMILES string of the molecule is CCOC(=O)/C(=C/c1ccc(C(F)(F)F)cc1)N(CC)CC. The predicted molar refractivity (Wildman–Crippen MR) is 79.0 cm³/mol. The van der Waals surface area contributed by atoms with Crippen LogP contribution in [0.5, 0.6) is 0 Å². The van der Waals surface area contributed by atoms with E-state index >= 15 is 0 Å². The molecule has 0 N–H and O–H groups in total. The molecule has 1 aromatic carbocycles. The highest BCUT2D eigenvalue weighted by Crippen LogP contribution is 2.29. The maximum absolute atomic E-state index is 12.6. The molecule has 3 nitrogen and oxygen atoms in total. The number of halogens is 3. The van der Waals surface area contributed by atoms with Crippen LogP contribution in [0.15, 0.2) is 30.0 Å². The number of nitrogens with zero attached hydrogens (tertiary/aromatic N) is 1. The number of hydrogen-bond acceptors (Lipinski definition) is 3. The van der Waals surface area contributed by atoms with E-state index in [0.29, 0.717) is 24.4 Å². The van der Waals surface area contributed by atoms with E-state index in [1.54, 1.807) is 17.9 Å². The molecule has 0 heterocycles. The molecule has 0 amide bonds. The first-order chi connectivity index (χ1) is 10.3. The van der Waals surface area contributed by atoms with E-state index < -0.39 is 17.7 Å². The molecule has 6 heteroatoms. The van der Waals surface area contributed by atoms with Crippen LogP contribution in [0, 0.1) is 0 Å². The Morgan fingerprint density at radius 3 is 2.09 bits per heavy atom. The topological polar surface area (TPSA) is 29.5 Å². The Balaban J connectivity index is 3.13. The van der Waals surface area contributed by atoms with Crippen LogP contribution in [-0.2, 0) is 15.7 Å². The van der Waals surface area contributed by atoms with Gasteiger partial charge in [0.25, 0.3) is 0 Å². The normalized spacial score (nSPS) is 12.2. The lowest BCUT2D eigenvalue weighted by atomic mass is 10.1. The second-order valence-electron chi connectivity index (χ2n) is 4.54. The van der Waals surface area contributed by atoms with Crippen LogP contribution < -0.4 is 0 Å². The van der Waals surface area contributed by atoms with Gasteiger partial charge in [0.1, 0.15) is 5.70 Å². The highest BCUT2D eigenvalue weighted by Gasteiger charge is 2.29. The summed E-state index contributed by atoms with van der Waals surface area (Å²) in [7, 11) is 0. The third-order valence-corrected chi connectivity index (χ3v) is 3.13. The summed E-state index contributed by atoms with van der Waals surface area (Å²) in [6, 6.07) is 4.67. The quantitative estimate of drug-likeness (QED) is 0.588. The molecule has 0 radical (unpaired) electrons. The summed E-state index contributed by atoms with van der Waals surface area (Å²) in [5, 5.41) is 0. The third kappa shape index (κ3) is 4.79. The maximum Gasteiger partial charge on any atom is 0.416 e. The number of carbonyl (C=O) groups excluding carboxylic acids is 1. The average Bonchev–Trinajstić information content (AvgIpc) is 2.47. The van der Waals surface area contributed by atoms with Crippen molar-refractivity contribution in [3.05, 3.63) is 41.1 Å². The molecule has 0 unspecified atom stereocenters. The monoisotopic (exact) mass is 315 g/mol. The fraction of sp³-hybridized carbons (Fsp3) is 0.438. The van der Waals surface area contributed by atoms with Gasteiger partial charge in [0.05, 0.1) is 12.2 Å². The Morgan fingerprint density at radius 1 is 1.14 bits per heavy atom. The van der Waals surface area contributed by atoms with E-state index in [1.165, 1.54) is 12.1 Å². The van der Waals surface area contributed by atoms with E-state index in [-0.39, 0.29) is 6.61 Å². The highest BCUT2D eigenvalue weighted by molar-refractivity contribution is 5.93. The molecule has 0 saturated carbocycles. The van der Waals surface area contributed by atoms with E-state index in [4.69, 9.17) is 4.74 Å². The number of benzene rings is 1. The van der Waals surface area contributed by atoms with Crippen LogP contribution in [-0.4, -0.2) is 30.6 Å². The molecule has 0 aliphatic heterocycles. The van der Waals surface area contributed by atoms with Crippen LogP contribution in [0.3, 0.4) is 0 Å². The Labute approximate surface area is 128 Å². The number of ether oxygens (including phenoxy) is 1. The molecule has 1 rings (SSSR count). The van der Waals surface area contributed by atoms with Crippen molar-refractivity contribution in [3.63, 3.8) is 0 Å². The minimum atomic E-state index is -4.37. The summed E-state index contributed by atoms with van der Waals surface area (Å²) >= 11 is 0. The van der Waals surface area contributed by atoms with Crippen LogP contribution in [0.25, 0.3) is 6.08 Å². The second kappa shape index (κ2) is 7.87. The van der Waals surface area contributed by atoms with Gasteiger partial charge in [0, 0.05) is 13.1 Å². The zero-order chi connectivity index (χ0) is 16.8. The van der Waals surface area contributed by atoms with Crippen molar-refractivity contribution in [3.8, 4) is 0 Å². The number of alkyl halides is 3. The van der Waals surface area contributed by atoms with Crippen LogP contribution >= 0.6 is 0 Å².